The van der Waals surface area contributed by atoms with E-state index in [0.29, 0.717) is 24.1 Å². The Morgan fingerprint density at radius 2 is 1.81 bits per heavy atom. The molecule has 0 spiro atoms. The van der Waals surface area contributed by atoms with Gasteiger partial charge in [-0.2, -0.15) is 5.10 Å². The molecule has 0 unspecified atom stereocenters. The number of nitrogens with one attached hydrogen (secondary N) is 2. The quantitative estimate of drug-likeness (QED) is 0.544. The zero-order valence-corrected chi connectivity index (χ0v) is 16.7. The highest BCUT2D eigenvalue weighted by Crippen LogP contribution is 2.16. The summed E-state index contributed by atoms with van der Waals surface area (Å²) in [4.78, 5) is 0. The number of rotatable bonds is 6. The molecule has 0 radical (unpaired) electrons. The molecule has 2 aromatic carbocycles. The van der Waals surface area contributed by atoms with Gasteiger partial charge in [0.15, 0.2) is 10.9 Å². The molecule has 0 amide bonds. The van der Waals surface area contributed by atoms with Crippen LogP contribution in [0.25, 0.3) is 0 Å². The SMILES string of the molecule is CCOc1ccc(NC(=S)Nc2ccn(Cc3ccc(Br)cc3)n2)cc1. The Morgan fingerprint density at radius 1 is 1.08 bits per heavy atom. The van der Waals surface area contributed by atoms with Crippen molar-refractivity contribution in [3.05, 3.63) is 70.8 Å². The Morgan fingerprint density at radius 3 is 2.50 bits per heavy atom. The maximum absolute atomic E-state index is 5.43. The second kappa shape index (κ2) is 8.82. The molecule has 0 saturated heterocycles. The lowest BCUT2D eigenvalue weighted by molar-refractivity contribution is 0.340. The van der Waals surface area contributed by atoms with Crippen LogP contribution in [0, 0.1) is 0 Å². The van der Waals surface area contributed by atoms with Crippen molar-refractivity contribution < 1.29 is 4.74 Å². The van der Waals surface area contributed by atoms with Crippen molar-refractivity contribution in [1.82, 2.24) is 9.78 Å². The molecule has 3 aromatic rings. The van der Waals surface area contributed by atoms with E-state index in [-0.39, 0.29) is 0 Å². The van der Waals surface area contributed by atoms with Crippen LogP contribution in [0.3, 0.4) is 0 Å². The van der Waals surface area contributed by atoms with E-state index in [1.165, 1.54) is 5.56 Å². The number of hydrogen-bond acceptors (Lipinski definition) is 3. The summed E-state index contributed by atoms with van der Waals surface area (Å²) < 4.78 is 8.36. The number of benzene rings is 2. The van der Waals surface area contributed by atoms with Gasteiger partial charge in [-0.15, -0.1) is 0 Å². The van der Waals surface area contributed by atoms with Crippen LogP contribution in [-0.4, -0.2) is 21.5 Å². The fraction of sp³-hybridized carbons (Fsp3) is 0.158. The summed E-state index contributed by atoms with van der Waals surface area (Å²) >= 11 is 8.79. The number of ether oxygens (including phenoxy) is 1. The summed E-state index contributed by atoms with van der Waals surface area (Å²) in [6.07, 6.45) is 1.92. The summed E-state index contributed by atoms with van der Waals surface area (Å²) in [6.45, 7) is 3.31. The molecule has 1 aromatic heterocycles. The first kappa shape index (κ1) is 18.4. The van der Waals surface area contributed by atoms with Gasteiger partial charge in [-0.1, -0.05) is 28.1 Å². The van der Waals surface area contributed by atoms with E-state index in [1.54, 1.807) is 0 Å². The van der Waals surface area contributed by atoms with Gasteiger partial charge < -0.3 is 15.4 Å². The van der Waals surface area contributed by atoms with Gasteiger partial charge in [-0.05, 0) is 61.1 Å². The maximum Gasteiger partial charge on any atom is 0.176 e. The zero-order valence-electron chi connectivity index (χ0n) is 14.3. The molecule has 134 valence electrons. The molecule has 0 fully saturated rings. The molecule has 0 saturated carbocycles. The Bertz CT molecular complexity index is 862. The molecule has 26 heavy (non-hydrogen) atoms. The molecule has 0 aliphatic rings. The monoisotopic (exact) mass is 430 g/mol. The van der Waals surface area contributed by atoms with Gasteiger partial charge in [0.05, 0.1) is 13.2 Å². The van der Waals surface area contributed by atoms with Crippen LogP contribution in [-0.2, 0) is 6.54 Å². The van der Waals surface area contributed by atoms with Gasteiger partial charge in [-0.3, -0.25) is 4.68 Å². The summed E-state index contributed by atoms with van der Waals surface area (Å²) in [5, 5.41) is 11.2. The van der Waals surface area contributed by atoms with Crippen molar-refractivity contribution in [2.45, 2.75) is 13.5 Å². The minimum Gasteiger partial charge on any atom is -0.494 e. The Balaban J connectivity index is 1.54. The first-order valence-corrected chi connectivity index (χ1v) is 9.41. The summed E-state index contributed by atoms with van der Waals surface area (Å²) in [5.41, 5.74) is 2.07. The van der Waals surface area contributed by atoms with Crippen LogP contribution in [0.5, 0.6) is 5.75 Å². The molecule has 0 aliphatic carbocycles. The van der Waals surface area contributed by atoms with E-state index < -0.39 is 0 Å². The lowest BCUT2D eigenvalue weighted by atomic mass is 10.2. The maximum atomic E-state index is 5.43. The van der Waals surface area contributed by atoms with E-state index in [9.17, 15) is 0 Å². The molecule has 5 nitrogen and oxygen atoms in total. The first-order valence-electron chi connectivity index (χ1n) is 8.21. The third kappa shape index (κ3) is 5.31. The van der Waals surface area contributed by atoms with Crippen LogP contribution in [0.15, 0.2) is 65.3 Å². The second-order valence-electron chi connectivity index (χ2n) is 5.56. The fourth-order valence-corrected chi connectivity index (χ4v) is 2.86. The van der Waals surface area contributed by atoms with Gasteiger partial charge >= 0.3 is 0 Å². The highest BCUT2D eigenvalue weighted by atomic mass is 79.9. The smallest absolute Gasteiger partial charge is 0.176 e. The van der Waals surface area contributed by atoms with Crippen molar-refractivity contribution in [3.8, 4) is 5.75 Å². The molecule has 0 aliphatic heterocycles. The molecule has 1 heterocycles. The van der Waals surface area contributed by atoms with E-state index in [1.807, 2.05) is 60.3 Å². The molecular weight excluding hydrogens is 412 g/mol. The predicted molar refractivity (Wildman–Crippen MR) is 113 cm³/mol. The molecule has 0 atom stereocenters. The fourth-order valence-electron chi connectivity index (χ4n) is 2.37. The summed E-state index contributed by atoms with van der Waals surface area (Å²) in [6, 6.07) is 17.7. The molecule has 3 rings (SSSR count). The summed E-state index contributed by atoms with van der Waals surface area (Å²) in [5.74, 6) is 1.54. The number of anilines is 2. The highest BCUT2D eigenvalue weighted by molar-refractivity contribution is 9.10. The molecular formula is C19H19BrN4OS. The van der Waals surface area contributed by atoms with Crippen molar-refractivity contribution in [3.63, 3.8) is 0 Å². The zero-order chi connectivity index (χ0) is 18.4. The van der Waals surface area contributed by atoms with Crippen LogP contribution in [0.2, 0.25) is 0 Å². The van der Waals surface area contributed by atoms with Gasteiger partial charge in [0.2, 0.25) is 0 Å². The third-order valence-corrected chi connectivity index (χ3v) is 4.30. The normalized spacial score (nSPS) is 10.4. The molecule has 0 bridgehead atoms. The van der Waals surface area contributed by atoms with Crippen molar-refractivity contribution in [2.75, 3.05) is 17.2 Å². The lowest BCUT2D eigenvalue weighted by Crippen LogP contribution is -2.19. The van der Waals surface area contributed by atoms with Crippen LogP contribution < -0.4 is 15.4 Å². The minimum atomic E-state index is 0.489. The number of halogens is 1. The molecule has 7 heteroatoms. The highest BCUT2D eigenvalue weighted by Gasteiger charge is 2.04. The topological polar surface area (TPSA) is 51.1 Å². The van der Waals surface area contributed by atoms with Crippen LogP contribution in [0.4, 0.5) is 11.5 Å². The van der Waals surface area contributed by atoms with Crippen molar-refractivity contribution in [2.24, 2.45) is 0 Å². The molecule has 2 N–H and O–H groups in total. The Hall–Kier alpha value is -2.38. The predicted octanol–water partition coefficient (Wildman–Crippen LogP) is 4.90. The van der Waals surface area contributed by atoms with Gasteiger partial charge in [0, 0.05) is 22.4 Å². The lowest BCUT2D eigenvalue weighted by Gasteiger charge is -2.09. The number of nitrogens with zero attached hydrogens (tertiary/aromatic N) is 2. The van der Waals surface area contributed by atoms with Gasteiger partial charge in [0.25, 0.3) is 0 Å². The minimum absolute atomic E-state index is 0.489. The van der Waals surface area contributed by atoms with Crippen LogP contribution >= 0.6 is 28.1 Å². The van der Waals surface area contributed by atoms with Crippen LogP contribution in [0.1, 0.15) is 12.5 Å². The van der Waals surface area contributed by atoms with E-state index in [2.05, 4.69) is 43.8 Å². The van der Waals surface area contributed by atoms with E-state index >= 15 is 0 Å². The summed E-state index contributed by atoms with van der Waals surface area (Å²) in [7, 11) is 0. The Kier molecular flexibility index (Phi) is 6.25. The standard InChI is InChI=1S/C19H19BrN4OS/c1-2-25-17-9-7-16(8-10-17)21-19(26)22-18-11-12-24(23-18)13-14-3-5-15(20)6-4-14/h3-12H,2,13H2,1H3,(H2,21,22,23,26). The third-order valence-electron chi connectivity index (χ3n) is 3.56. The largest absolute Gasteiger partial charge is 0.494 e. The van der Waals surface area contributed by atoms with E-state index in [4.69, 9.17) is 17.0 Å². The number of hydrogen-bond donors (Lipinski definition) is 2. The number of thiocarbonyl (C=S) groups is 1. The Labute approximate surface area is 166 Å². The number of aromatic nitrogens is 2. The van der Waals surface area contributed by atoms with Crippen molar-refractivity contribution in [1.29, 1.82) is 0 Å². The second-order valence-corrected chi connectivity index (χ2v) is 6.89. The van der Waals surface area contributed by atoms with Gasteiger partial charge in [-0.25, -0.2) is 0 Å². The van der Waals surface area contributed by atoms with Crippen molar-refractivity contribution >= 4 is 44.8 Å². The average molecular weight is 431 g/mol. The average Bonchev–Trinajstić information content (AvgIpc) is 3.05. The van der Waals surface area contributed by atoms with E-state index in [0.717, 1.165) is 15.9 Å². The van der Waals surface area contributed by atoms with Gasteiger partial charge in [0.1, 0.15) is 5.75 Å². The first-order chi connectivity index (χ1) is 12.6.